The minimum absolute atomic E-state index is 0.490. The van der Waals surface area contributed by atoms with Crippen LogP contribution in [0.1, 0.15) is 25.7 Å². The third kappa shape index (κ3) is 2.73. The van der Waals surface area contributed by atoms with Crippen LogP contribution < -0.4 is 15.5 Å². The van der Waals surface area contributed by atoms with E-state index in [4.69, 9.17) is 9.97 Å². The fourth-order valence-electron chi connectivity index (χ4n) is 3.09. The first-order valence-electron chi connectivity index (χ1n) is 8.28. The Balaban J connectivity index is 1.72. The molecule has 0 unspecified atom stereocenters. The van der Waals surface area contributed by atoms with Crippen molar-refractivity contribution in [1.82, 2.24) is 15.3 Å². The van der Waals surface area contributed by atoms with Crippen LogP contribution in [-0.4, -0.2) is 42.2 Å². The van der Waals surface area contributed by atoms with Crippen LogP contribution >= 0.6 is 0 Å². The minimum atomic E-state index is 0.490. The van der Waals surface area contributed by atoms with E-state index in [9.17, 15) is 0 Å². The van der Waals surface area contributed by atoms with E-state index in [0.29, 0.717) is 12.1 Å². The van der Waals surface area contributed by atoms with Crippen molar-refractivity contribution < 1.29 is 0 Å². The van der Waals surface area contributed by atoms with Gasteiger partial charge in [-0.05, 0) is 44.4 Å². The summed E-state index contributed by atoms with van der Waals surface area (Å²) in [5, 5.41) is 7.05. The molecule has 1 saturated carbocycles. The van der Waals surface area contributed by atoms with Gasteiger partial charge in [0, 0.05) is 25.7 Å². The lowest BCUT2D eigenvalue weighted by Gasteiger charge is -2.33. The Morgan fingerprint density at radius 3 is 2.59 bits per heavy atom. The number of anilines is 2. The molecule has 1 aliphatic heterocycles. The summed E-state index contributed by atoms with van der Waals surface area (Å²) >= 11 is 0. The molecule has 2 aliphatic rings. The quantitative estimate of drug-likeness (QED) is 0.907. The molecular formula is C17H23N5. The molecule has 1 saturated heterocycles. The lowest BCUT2D eigenvalue weighted by atomic mass is 10.1. The Hall–Kier alpha value is -1.88. The highest BCUT2D eigenvalue weighted by molar-refractivity contribution is 5.80. The molecule has 2 aromatic rings. The normalized spacial score (nSPS) is 21.8. The second-order valence-corrected chi connectivity index (χ2v) is 6.41. The Labute approximate surface area is 131 Å². The van der Waals surface area contributed by atoms with Gasteiger partial charge in [-0.25, -0.2) is 9.97 Å². The van der Waals surface area contributed by atoms with Crippen LogP contribution in [0.4, 0.5) is 11.6 Å². The Morgan fingerprint density at radius 2 is 1.91 bits per heavy atom. The number of hydrogen-bond acceptors (Lipinski definition) is 5. The number of benzene rings is 1. The van der Waals surface area contributed by atoms with Crippen molar-refractivity contribution in [2.24, 2.45) is 0 Å². The van der Waals surface area contributed by atoms with Crippen molar-refractivity contribution in [3.8, 4) is 0 Å². The zero-order valence-electron chi connectivity index (χ0n) is 13.0. The number of nitrogens with zero attached hydrogens (tertiary/aromatic N) is 3. The maximum Gasteiger partial charge on any atom is 0.172 e. The Bertz CT molecular complexity index is 661. The van der Waals surface area contributed by atoms with Gasteiger partial charge in [0.15, 0.2) is 11.6 Å². The molecule has 2 heterocycles. The lowest BCUT2D eigenvalue weighted by Crippen LogP contribution is -2.44. The molecule has 0 radical (unpaired) electrons. The summed E-state index contributed by atoms with van der Waals surface area (Å²) in [6.45, 7) is 2.15. The number of rotatable bonds is 4. The van der Waals surface area contributed by atoms with E-state index in [-0.39, 0.29) is 0 Å². The number of hydrogen-bond donors (Lipinski definition) is 2. The van der Waals surface area contributed by atoms with Gasteiger partial charge in [0.2, 0.25) is 0 Å². The van der Waals surface area contributed by atoms with Crippen molar-refractivity contribution in [2.45, 2.75) is 37.8 Å². The average Bonchev–Trinajstić information content (AvgIpc) is 3.38. The smallest absolute Gasteiger partial charge is 0.172 e. The molecule has 116 valence electrons. The summed E-state index contributed by atoms with van der Waals surface area (Å²) in [6.07, 6.45) is 4.91. The zero-order chi connectivity index (χ0) is 14.9. The maximum atomic E-state index is 4.90. The topological polar surface area (TPSA) is 53.1 Å². The van der Waals surface area contributed by atoms with Crippen molar-refractivity contribution in [1.29, 1.82) is 0 Å². The number of para-hydroxylation sites is 2. The number of fused-ring (bicyclic) bond motifs is 1. The van der Waals surface area contributed by atoms with E-state index in [1.807, 2.05) is 24.3 Å². The molecule has 0 spiro atoms. The Morgan fingerprint density at radius 1 is 1.14 bits per heavy atom. The first-order chi connectivity index (χ1) is 10.8. The summed E-state index contributed by atoms with van der Waals surface area (Å²) in [6, 6.07) is 9.19. The molecule has 1 atom stereocenters. The molecule has 0 bridgehead atoms. The van der Waals surface area contributed by atoms with Crippen molar-refractivity contribution >= 4 is 22.7 Å². The summed E-state index contributed by atoms with van der Waals surface area (Å²) in [7, 11) is 2.15. The van der Waals surface area contributed by atoms with E-state index >= 15 is 0 Å². The molecule has 1 aliphatic carbocycles. The van der Waals surface area contributed by atoms with E-state index < -0.39 is 0 Å². The van der Waals surface area contributed by atoms with Crippen molar-refractivity contribution in [2.75, 3.05) is 30.4 Å². The van der Waals surface area contributed by atoms with Gasteiger partial charge in [-0.2, -0.15) is 0 Å². The van der Waals surface area contributed by atoms with Crippen LogP contribution in [0.3, 0.4) is 0 Å². The van der Waals surface area contributed by atoms with E-state index in [0.717, 1.165) is 35.8 Å². The third-order valence-electron chi connectivity index (χ3n) is 4.62. The predicted molar refractivity (Wildman–Crippen MR) is 90.5 cm³/mol. The fraction of sp³-hybridized carbons (Fsp3) is 0.529. The third-order valence-corrected chi connectivity index (χ3v) is 4.62. The zero-order valence-corrected chi connectivity index (χ0v) is 13.0. The van der Waals surface area contributed by atoms with Gasteiger partial charge in [0.1, 0.15) is 0 Å². The summed E-state index contributed by atoms with van der Waals surface area (Å²) in [4.78, 5) is 12.0. The molecule has 1 aromatic carbocycles. The predicted octanol–water partition coefficient (Wildman–Crippen LogP) is 2.39. The van der Waals surface area contributed by atoms with Gasteiger partial charge in [0.25, 0.3) is 0 Å². The van der Waals surface area contributed by atoms with Gasteiger partial charge in [-0.3, -0.25) is 0 Å². The first-order valence-corrected chi connectivity index (χ1v) is 8.28. The van der Waals surface area contributed by atoms with Crippen molar-refractivity contribution in [3.63, 3.8) is 0 Å². The minimum Gasteiger partial charge on any atom is -0.364 e. The van der Waals surface area contributed by atoms with Crippen LogP contribution in [0.15, 0.2) is 24.3 Å². The second kappa shape index (κ2) is 5.72. The largest absolute Gasteiger partial charge is 0.364 e. The molecule has 0 amide bonds. The molecule has 4 rings (SSSR count). The maximum absolute atomic E-state index is 4.90. The highest BCUT2D eigenvalue weighted by Crippen LogP contribution is 2.31. The van der Waals surface area contributed by atoms with Crippen LogP contribution in [0.2, 0.25) is 0 Å². The number of piperidine rings is 1. The standard InChI is InChI=1S/C17H23N5/c1-22(13-5-4-10-18-11-13)17-16(19-12-8-9-12)20-14-6-2-3-7-15(14)21-17/h2-3,6-7,12-13,18H,4-5,8-11H2,1H3,(H,19,20)/t13-/m0/s1. The second-order valence-electron chi connectivity index (χ2n) is 6.41. The van der Waals surface area contributed by atoms with E-state index in [2.05, 4.69) is 22.6 Å². The highest BCUT2D eigenvalue weighted by Gasteiger charge is 2.27. The van der Waals surface area contributed by atoms with E-state index in [1.54, 1.807) is 0 Å². The lowest BCUT2D eigenvalue weighted by molar-refractivity contribution is 0.443. The number of nitrogens with one attached hydrogen (secondary N) is 2. The van der Waals surface area contributed by atoms with Crippen molar-refractivity contribution in [3.05, 3.63) is 24.3 Å². The van der Waals surface area contributed by atoms with E-state index in [1.165, 1.54) is 25.7 Å². The summed E-state index contributed by atoms with van der Waals surface area (Å²) in [5.74, 6) is 1.92. The first kappa shape index (κ1) is 13.8. The SMILES string of the molecule is CN(c1nc2ccccc2nc1NC1CC1)[C@H]1CCCNC1. The summed E-state index contributed by atoms with van der Waals surface area (Å²) < 4.78 is 0. The molecule has 5 nitrogen and oxygen atoms in total. The molecule has 5 heteroatoms. The molecule has 2 N–H and O–H groups in total. The van der Waals surface area contributed by atoms with Gasteiger partial charge >= 0.3 is 0 Å². The Kier molecular flexibility index (Phi) is 3.58. The molecule has 1 aromatic heterocycles. The van der Waals surface area contributed by atoms with Crippen LogP contribution in [0, 0.1) is 0 Å². The number of aromatic nitrogens is 2. The van der Waals surface area contributed by atoms with Crippen LogP contribution in [0.5, 0.6) is 0 Å². The monoisotopic (exact) mass is 297 g/mol. The highest BCUT2D eigenvalue weighted by atomic mass is 15.2. The molecular weight excluding hydrogens is 274 g/mol. The molecule has 22 heavy (non-hydrogen) atoms. The molecule has 2 fully saturated rings. The van der Waals surface area contributed by atoms with Gasteiger partial charge in [-0.15, -0.1) is 0 Å². The average molecular weight is 297 g/mol. The number of likely N-dealkylation sites (N-methyl/N-ethyl adjacent to an activating group) is 1. The van der Waals surface area contributed by atoms with Gasteiger partial charge in [-0.1, -0.05) is 12.1 Å². The van der Waals surface area contributed by atoms with Gasteiger partial charge < -0.3 is 15.5 Å². The van der Waals surface area contributed by atoms with Crippen LogP contribution in [0.25, 0.3) is 11.0 Å². The summed E-state index contributed by atoms with van der Waals surface area (Å²) in [5.41, 5.74) is 1.93. The van der Waals surface area contributed by atoms with Gasteiger partial charge in [0.05, 0.1) is 11.0 Å². The van der Waals surface area contributed by atoms with Crippen LogP contribution in [-0.2, 0) is 0 Å². The fourth-order valence-corrected chi connectivity index (χ4v) is 3.09.